The maximum atomic E-state index is 3.40. The number of rotatable bonds is 3. The molecule has 1 aromatic heterocycles. The fourth-order valence-corrected chi connectivity index (χ4v) is 1.72. The molecular weight excluding hydrogens is 238 g/mol. The van der Waals surface area contributed by atoms with Crippen molar-refractivity contribution >= 4 is 32.9 Å². The molecule has 1 aromatic carbocycles. The molecule has 0 unspecified atom stereocenters. The van der Waals surface area contributed by atoms with Gasteiger partial charge in [-0.1, -0.05) is 40.2 Å². The van der Waals surface area contributed by atoms with Gasteiger partial charge >= 0.3 is 0 Å². The van der Waals surface area contributed by atoms with Gasteiger partial charge in [-0.05, 0) is 29.5 Å². The summed E-state index contributed by atoms with van der Waals surface area (Å²) in [6.07, 6.45) is 7.37. The van der Waals surface area contributed by atoms with Crippen molar-refractivity contribution in [1.29, 1.82) is 0 Å². The standard InChI is InChI=1S/C12H12BrN/c13-7-2-1-3-10-4-5-11-6-8-14-12(11)9-10/h1,3-6,8-9,14H,2,7H2. The number of hydrogen-bond acceptors (Lipinski definition) is 0. The number of aromatic nitrogens is 1. The first-order valence-electron chi connectivity index (χ1n) is 4.70. The van der Waals surface area contributed by atoms with Gasteiger partial charge in [0.2, 0.25) is 0 Å². The van der Waals surface area contributed by atoms with E-state index < -0.39 is 0 Å². The highest BCUT2D eigenvalue weighted by atomic mass is 79.9. The number of fused-ring (bicyclic) bond motifs is 1. The van der Waals surface area contributed by atoms with E-state index in [-0.39, 0.29) is 0 Å². The van der Waals surface area contributed by atoms with E-state index in [4.69, 9.17) is 0 Å². The molecule has 1 heterocycles. The van der Waals surface area contributed by atoms with E-state index in [1.807, 2.05) is 6.20 Å². The number of aromatic amines is 1. The summed E-state index contributed by atoms with van der Waals surface area (Å²) in [7, 11) is 0. The van der Waals surface area contributed by atoms with E-state index >= 15 is 0 Å². The summed E-state index contributed by atoms with van der Waals surface area (Å²) in [6.45, 7) is 0. The van der Waals surface area contributed by atoms with Crippen molar-refractivity contribution in [2.24, 2.45) is 0 Å². The Hall–Kier alpha value is -1.02. The average molecular weight is 250 g/mol. The molecule has 0 radical (unpaired) electrons. The van der Waals surface area contributed by atoms with Crippen LogP contribution in [0, 0.1) is 0 Å². The molecule has 0 bridgehead atoms. The van der Waals surface area contributed by atoms with Crippen LogP contribution in [0.2, 0.25) is 0 Å². The fraction of sp³-hybridized carbons (Fsp3) is 0.167. The molecule has 2 aromatic rings. The van der Waals surface area contributed by atoms with Gasteiger partial charge in [0.15, 0.2) is 0 Å². The first-order valence-corrected chi connectivity index (χ1v) is 5.82. The number of H-pyrrole nitrogens is 1. The molecule has 2 rings (SSSR count). The van der Waals surface area contributed by atoms with Gasteiger partial charge in [-0.2, -0.15) is 0 Å². The van der Waals surface area contributed by atoms with Crippen LogP contribution in [0.5, 0.6) is 0 Å². The molecule has 2 heteroatoms. The van der Waals surface area contributed by atoms with E-state index in [2.05, 4.69) is 57.3 Å². The van der Waals surface area contributed by atoms with Crippen molar-refractivity contribution in [3.8, 4) is 0 Å². The van der Waals surface area contributed by atoms with Gasteiger partial charge in [0, 0.05) is 17.0 Å². The molecule has 0 saturated heterocycles. The second-order valence-corrected chi connectivity index (χ2v) is 4.00. The zero-order valence-corrected chi connectivity index (χ0v) is 9.42. The van der Waals surface area contributed by atoms with Crippen LogP contribution in [0.15, 0.2) is 36.5 Å². The summed E-state index contributed by atoms with van der Waals surface area (Å²) in [6, 6.07) is 8.53. The number of nitrogens with one attached hydrogen (secondary N) is 1. The summed E-state index contributed by atoms with van der Waals surface area (Å²) >= 11 is 3.40. The largest absolute Gasteiger partial charge is 0.361 e. The van der Waals surface area contributed by atoms with Crippen LogP contribution in [0.4, 0.5) is 0 Å². The fourth-order valence-electron chi connectivity index (χ4n) is 1.45. The van der Waals surface area contributed by atoms with E-state index in [1.165, 1.54) is 16.5 Å². The number of benzene rings is 1. The van der Waals surface area contributed by atoms with Gasteiger partial charge in [0.25, 0.3) is 0 Å². The SMILES string of the molecule is BrCCC=Cc1ccc2cc[nH]c2c1. The van der Waals surface area contributed by atoms with Crippen LogP contribution in [-0.2, 0) is 0 Å². The van der Waals surface area contributed by atoms with Gasteiger partial charge in [-0.3, -0.25) is 0 Å². The lowest BCUT2D eigenvalue weighted by atomic mass is 10.1. The van der Waals surface area contributed by atoms with Crippen molar-refractivity contribution in [3.05, 3.63) is 42.1 Å². The Labute approximate surface area is 92.0 Å². The summed E-state index contributed by atoms with van der Waals surface area (Å²) in [5.74, 6) is 0. The first kappa shape index (κ1) is 9.53. The third-order valence-electron chi connectivity index (χ3n) is 2.17. The lowest BCUT2D eigenvalue weighted by Gasteiger charge is -1.94. The van der Waals surface area contributed by atoms with Crippen LogP contribution >= 0.6 is 15.9 Å². The Balaban J connectivity index is 2.25. The topological polar surface area (TPSA) is 15.8 Å². The second kappa shape index (κ2) is 4.47. The highest BCUT2D eigenvalue weighted by Crippen LogP contribution is 2.15. The zero-order valence-electron chi connectivity index (χ0n) is 7.83. The van der Waals surface area contributed by atoms with Crippen LogP contribution in [0.1, 0.15) is 12.0 Å². The predicted octanol–water partition coefficient (Wildman–Crippen LogP) is 3.97. The lowest BCUT2D eigenvalue weighted by molar-refractivity contribution is 1.27. The van der Waals surface area contributed by atoms with Gasteiger partial charge in [-0.15, -0.1) is 0 Å². The molecule has 0 aliphatic rings. The molecule has 0 atom stereocenters. The molecule has 72 valence electrons. The maximum Gasteiger partial charge on any atom is 0.0459 e. The molecule has 0 spiro atoms. The zero-order chi connectivity index (χ0) is 9.80. The predicted molar refractivity (Wildman–Crippen MR) is 65.7 cm³/mol. The molecule has 1 nitrogen and oxygen atoms in total. The average Bonchev–Trinajstić information content (AvgIpc) is 2.65. The minimum atomic E-state index is 1.02. The van der Waals surface area contributed by atoms with Gasteiger partial charge in [0.05, 0.1) is 0 Å². The Morgan fingerprint density at radius 2 is 2.21 bits per heavy atom. The molecule has 0 aliphatic heterocycles. The Bertz CT molecular complexity index is 442. The normalized spacial score (nSPS) is 11.5. The number of halogens is 1. The third kappa shape index (κ3) is 2.07. The lowest BCUT2D eigenvalue weighted by Crippen LogP contribution is -1.73. The quantitative estimate of drug-likeness (QED) is 0.793. The minimum absolute atomic E-state index is 1.02. The molecule has 0 amide bonds. The summed E-state index contributed by atoms with van der Waals surface area (Å²) in [5.41, 5.74) is 2.45. The second-order valence-electron chi connectivity index (χ2n) is 3.20. The number of hydrogen-bond donors (Lipinski definition) is 1. The Kier molecular flexibility index (Phi) is 3.04. The number of allylic oxidation sites excluding steroid dienone is 1. The Morgan fingerprint density at radius 1 is 1.29 bits per heavy atom. The van der Waals surface area contributed by atoms with Crippen molar-refractivity contribution in [2.45, 2.75) is 6.42 Å². The van der Waals surface area contributed by atoms with Crippen LogP contribution < -0.4 is 0 Å². The highest BCUT2D eigenvalue weighted by molar-refractivity contribution is 9.09. The van der Waals surface area contributed by atoms with Crippen LogP contribution in [0.25, 0.3) is 17.0 Å². The smallest absolute Gasteiger partial charge is 0.0459 e. The Morgan fingerprint density at radius 3 is 3.07 bits per heavy atom. The van der Waals surface area contributed by atoms with Crippen LogP contribution in [0.3, 0.4) is 0 Å². The number of alkyl halides is 1. The van der Waals surface area contributed by atoms with E-state index in [1.54, 1.807) is 0 Å². The van der Waals surface area contributed by atoms with Gasteiger partial charge in [-0.25, -0.2) is 0 Å². The molecular formula is C12H12BrN. The van der Waals surface area contributed by atoms with Crippen LogP contribution in [-0.4, -0.2) is 10.3 Å². The summed E-state index contributed by atoms with van der Waals surface area (Å²) in [4.78, 5) is 3.21. The van der Waals surface area contributed by atoms with Gasteiger partial charge < -0.3 is 4.98 Å². The van der Waals surface area contributed by atoms with Gasteiger partial charge in [0.1, 0.15) is 0 Å². The van der Waals surface area contributed by atoms with E-state index in [0.717, 1.165) is 11.8 Å². The molecule has 0 saturated carbocycles. The minimum Gasteiger partial charge on any atom is -0.361 e. The summed E-state index contributed by atoms with van der Waals surface area (Å²) in [5, 5.41) is 2.29. The molecule has 1 N–H and O–H groups in total. The molecule has 0 aliphatic carbocycles. The molecule has 0 fully saturated rings. The maximum absolute atomic E-state index is 3.40. The molecule has 14 heavy (non-hydrogen) atoms. The summed E-state index contributed by atoms with van der Waals surface area (Å²) < 4.78 is 0. The third-order valence-corrected chi connectivity index (χ3v) is 2.62. The van der Waals surface area contributed by atoms with E-state index in [0.29, 0.717) is 0 Å². The highest BCUT2D eigenvalue weighted by Gasteiger charge is 1.93. The van der Waals surface area contributed by atoms with Crippen molar-refractivity contribution in [2.75, 3.05) is 5.33 Å². The first-order chi connectivity index (χ1) is 6.90. The van der Waals surface area contributed by atoms with Crippen molar-refractivity contribution < 1.29 is 0 Å². The van der Waals surface area contributed by atoms with E-state index in [9.17, 15) is 0 Å². The van der Waals surface area contributed by atoms with Crippen molar-refractivity contribution in [3.63, 3.8) is 0 Å². The monoisotopic (exact) mass is 249 g/mol. The van der Waals surface area contributed by atoms with Crippen molar-refractivity contribution in [1.82, 2.24) is 4.98 Å².